The number of sulfonamides is 1. The van der Waals surface area contributed by atoms with E-state index in [0.29, 0.717) is 5.01 Å². The van der Waals surface area contributed by atoms with Crippen LogP contribution in [-0.4, -0.2) is 78.8 Å². The van der Waals surface area contributed by atoms with Gasteiger partial charge in [-0.1, -0.05) is 50.2 Å². The molecule has 14 nitrogen and oxygen atoms in total. The van der Waals surface area contributed by atoms with Crippen LogP contribution in [0.2, 0.25) is 0 Å². The van der Waals surface area contributed by atoms with Crippen molar-refractivity contribution >= 4 is 50.7 Å². The largest absolute Gasteiger partial charge is 0.443 e. The summed E-state index contributed by atoms with van der Waals surface area (Å²) >= 11 is 1.18. The van der Waals surface area contributed by atoms with Crippen LogP contribution in [0.5, 0.6) is 0 Å². The van der Waals surface area contributed by atoms with Crippen LogP contribution in [0.1, 0.15) is 76.1 Å². The van der Waals surface area contributed by atoms with Gasteiger partial charge in [0.15, 0.2) is 5.69 Å². The van der Waals surface area contributed by atoms with E-state index in [-0.39, 0.29) is 47.6 Å². The number of nitrogens with zero attached hydrogens (tertiary/aromatic N) is 4. The van der Waals surface area contributed by atoms with Crippen molar-refractivity contribution < 1.29 is 36.4 Å². The molecule has 5 rings (SSSR count). The number of aromatic nitrogens is 2. The first-order chi connectivity index (χ1) is 24.6. The highest BCUT2D eigenvalue weighted by molar-refractivity contribution is 7.92. The van der Waals surface area contributed by atoms with Crippen LogP contribution in [-0.2, 0) is 26.0 Å². The first-order valence-electron chi connectivity index (χ1n) is 16.5. The number of carbonyl (C=O) groups is 4. The number of benzene rings is 2. The Labute approximate surface area is 304 Å². The summed E-state index contributed by atoms with van der Waals surface area (Å²) in [5.41, 5.74) is 0.819. The van der Waals surface area contributed by atoms with Crippen LogP contribution in [0.25, 0.3) is 0 Å². The third-order valence-electron chi connectivity index (χ3n) is 8.31. The van der Waals surface area contributed by atoms with E-state index in [4.69, 9.17) is 4.42 Å². The fourth-order valence-corrected chi connectivity index (χ4v) is 7.33. The minimum Gasteiger partial charge on any atom is -0.443 e. The summed E-state index contributed by atoms with van der Waals surface area (Å²) in [6.07, 6.45) is 1.12. The molecule has 2 aromatic heterocycles. The van der Waals surface area contributed by atoms with Gasteiger partial charge in [-0.25, -0.2) is 22.8 Å². The average molecular weight is 754 g/mol. The Bertz CT molecular complexity index is 2050. The quantitative estimate of drug-likeness (QED) is 0.254. The lowest BCUT2D eigenvalue weighted by molar-refractivity contribution is -0.135. The van der Waals surface area contributed by atoms with Crippen molar-refractivity contribution in [3.63, 3.8) is 0 Å². The van der Waals surface area contributed by atoms with Crippen molar-refractivity contribution in [3.8, 4) is 0 Å². The summed E-state index contributed by atoms with van der Waals surface area (Å²) in [4.78, 5) is 64.9. The third-order valence-corrected chi connectivity index (χ3v) is 10.5. The van der Waals surface area contributed by atoms with E-state index in [1.807, 2.05) is 44.2 Å². The maximum atomic E-state index is 14.2. The Morgan fingerprint density at radius 3 is 2.46 bits per heavy atom. The van der Waals surface area contributed by atoms with Crippen LogP contribution in [0.4, 0.5) is 10.1 Å². The Hall–Kier alpha value is -5.16. The molecule has 0 unspecified atom stereocenters. The Kier molecular flexibility index (Phi) is 11.7. The molecule has 0 radical (unpaired) electrons. The Balaban J connectivity index is 1.56. The predicted molar refractivity (Wildman–Crippen MR) is 192 cm³/mol. The molecular formula is C35H40FN7O7S2. The average Bonchev–Trinajstić information content (AvgIpc) is 3.73. The lowest BCUT2D eigenvalue weighted by atomic mass is 10.0. The fourth-order valence-electron chi connectivity index (χ4n) is 5.68. The van der Waals surface area contributed by atoms with E-state index >= 15 is 0 Å². The summed E-state index contributed by atoms with van der Waals surface area (Å²) in [7, 11) is -4.11. The number of amides is 4. The zero-order chi connectivity index (χ0) is 37.7. The van der Waals surface area contributed by atoms with E-state index < -0.39 is 70.7 Å². The molecule has 3 N–H and O–H groups in total. The van der Waals surface area contributed by atoms with Crippen molar-refractivity contribution in [2.75, 3.05) is 30.2 Å². The third kappa shape index (κ3) is 9.38. The number of rotatable bonds is 7. The van der Waals surface area contributed by atoms with Crippen molar-refractivity contribution in [2.24, 2.45) is 5.92 Å². The molecule has 3 atom stereocenters. The molecule has 3 heterocycles. The lowest BCUT2D eigenvalue weighted by Gasteiger charge is -2.31. The number of aryl methyl sites for hydroxylation is 1. The van der Waals surface area contributed by atoms with E-state index in [9.17, 15) is 32.0 Å². The SMILES string of the molecule is Cc1oc2nc1C(=O)N[C@H](C)c1nc(cs1)C(=O)N[C@H](Cc1ccccc1)CN(C(=O)CN(c1cccc(F)c1)S(C)(=O)=O)CC(=O)N[C@H]2C(C)C. The van der Waals surface area contributed by atoms with Crippen LogP contribution in [0, 0.1) is 18.7 Å². The summed E-state index contributed by atoms with van der Waals surface area (Å²) in [5, 5.41) is 10.6. The summed E-state index contributed by atoms with van der Waals surface area (Å²) in [5.74, 6) is -3.22. The molecule has 52 heavy (non-hydrogen) atoms. The minimum atomic E-state index is -4.11. The zero-order valence-corrected chi connectivity index (χ0v) is 30.9. The van der Waals surface area contributed by atoms with Gasteiger partial charge in [0, 0.05) is 11.9 Å². The fraction of sp³-hybridized carbons (Fsp3) is 0.371. The molecule has 0 saturated heterocycles. The van der Waals surface area contributed by atoms with E-state index in [2.05, 4.69) is 25.9 Å². The Morgan fingerprint density at radius 2 is 1.79 bits per heavy atom. The molecule has 0 saturated carbocycles. The molecule has 1 aliphatic heterocycles. The van der Waals surface area contributed by atoms with Gasteiger partial charge in [0.2, 0.25) is 27.7 Å². The number of nitrogens with one attached hydrogen (secondary N) is 3. The van der Waals surface area contributed by atoms with Gasteiger partial charge in [0.25, 0.3) is 11.8 Å². The van der Waals surface area contributed by atoms with E-state index in [0.717, 1.165) is 33.2 Å². The van der Waals surface area contributed by atoms with Gasteiger partial charge in [-0.3, -0.25) is 23.5 Å². The zero-order valence-electron chi connectivity index (χ0n) is 29.3. The van der Waals surface area contributed by atoms with Gasteiger partial charge in [0.1, 0.15) is 34.9 Å². The predicted octanol–water partition coefficient (Wildman–Crippen LogP) is 3.53. The first kappa shape index (κ1) is 38.1. The lowest BCUT2D eigenvalue weighted by Crippen LogP contribution is -2.52. The molecule has 0 spiro atoms. The number of hydrogen-bond acceptors (Lipinski definition) is 10. The first-order valence-corrected chi connectivity index (χ1v) is 19.2. The van der Waals surface area contributed by atoms with Crippen molar-refractivity contribution in [2.45, 2.75) is 52.2 Å². The highest BCUT2D eigenvalue weighted by Crippen LogP contribution is 2.25. The van der Waals surface area contributed by atoms with Gasteiger partial charge < -0.3 is 25.3 Å². The topological polar surface area (TPSA) is 184 Å². The van der Waals surface area contributed by atoms with Crippen molar-refractivity contribution in [1.82, 2.24) is 30.8 Å². The number of anilines is 1. The molecule has 4 amide bonds. The van der Waals surface area contributed by atoms with Gasteiger partial charge in [-0.2, -0.15) is 0 Å². The van der Waals surface area contributed by atoms with Crippen LogP contribution in [0.15, 0.2) is 64.4 Å². The minimum absolute atomic E-state index is 0.0103. The standard InChI is InChI=1S/C35H40FN7O7S2/c1-20(2)30-34-41-31(22(4)50-34)33(47)37-21(3)35-39-27(19-51-35)32(46)38-25(14-23-10-7-6-8-11-23)16-42(17-28(44)40-30)29(45)18-43(52(5,48)49)26-13-9-12-24(36)15-26/h6-13,15,19-21,25,30H,14,16-18H2,1-5H3,(H,37,47)(H,38,46)(H,40,44)/t21-,25-,30+/m1/s1. The number of fused-ring (bicyclic) bond motifs is 4. The second-order valence-corrected chi connectivity index (χ2v) is 15.7. The molecule has 276 valence electrons. The molecule has 1 aliphatic rings. The van der Waals surface area contributed by atoms with Gasteiger partial charge in [-0.15, -0.1) is 11.3 Å². The Morgan fingerprint density at radius 1 is 1.06 bits per heavy atom. The van der Waals surface area contributed by atoms with Crippen LogP contribution >= 0.6 is 11.3 Å². The van der Waals surface area contributed by atoms with Crippen molar-refractivity contribution in [3.05, 3.63) is 99.4 Å². The number of oxazole rings is 1. The summed E-state index contributed by atoms with van der Waals surface area (Å²) in [6, 6.07) is 11.8. The van der Waals surface area contributed by atoms with E-state index in [1.54, 1.807) is 19.2 Å². The number of hydrogen-bond donors (Lipinski definition) is 3. The normalized spacial score (nSPS) is 18.9. The molecule has 17 heteroatoms. The number of thiazole rings is 1. The summed E-state index contributed by atoms with van der Waals surface area (Å²) in [6.45, 7) is 5.38. The highest BCUT2D eigenvalue weighted by Gasteiger charge is 2.32. The molecular weight excluding hydrogens is 714 g/mol. The van der Waals surface area contributed by atoms with Gasteiger partial charge >= 0.3 is 0 Å². The van der Waals surface area contributed by atoms with Gasteiger partial charge in [-0.05, 0) is 49.9 Å². The second kappa shape index (κ2) is 16.0. The monoisotopic (exact) mass is 753 g/mol. The maximum absolute atomic E-state index is 14.2. The van der Waals surface area contributed by atoms with Crippen LogP contribution in [0.3, 0.4) is 0 Å². The smallest absolute Gasteiger partial charge is 0.274 e. The molecule has 4 aromatic rings. The van der Waals surface area contributed by atoms with Crippen molar-refractivity contribution in [1.29, 1.82) is 0 Å². The van der Waals surface area contributed by atoms with E-state index in [1.165, 1.54) is 23.5 Å². The van der Waals surface area contributed by atoms with Crippen LogP contribution < -0.4 is 20.3 Å². The molecule has 0 aliphatic carbocycles. The highest BCUT2D eigenvalue weighted by atomic mass is 32.2. The molecule has 0 fully saturated rings. The summed E-state index contributed by atoms with van der Waals surface area (Å²) < 4.78 is 46.7. The molecule has 2 aromatic carbocycles. The second-order valence-electron chi connectivity index (χ2n) is 12.9. The number of halogens is 1. The maximum Gasteiger partial charge on any atom is 0.274 e. The van der Waals surface area contributed by atoms with Gasteiger partial charge in [0.05, 0.1) is 30.6 Å². The number of carbonyl (C=O) groups excluding carboxylic acids is 4. The molecule has 4 bridgehead atoms.